The SMILES string of the molecule is C=C(C)S/C=N\SC(=C)C. The van der Waals surface area contributed by atoms with Gasteiger partial charge in [-0.15, -0.1) is 0 Å². The Morgan fingerprint density at radius 2 is 1.90 bits per heavy atom. The van der Waals surface area contributed by atoms with Crippen molar-refractivity contribution < 1.29 is 0 Å². The van der Waals surface area contributed by atoms with Gasteiger partial charge in [-0.05, 0) is 23.7 Å². The van der Waals surface area contributed by atoms with E-state index in [4.69, 9.17) is 0 Å². The van der Waals surface area contributed by atoms with Crippen LogP contribution in [0.1, 0.15) is 13.8 Å². The zero-order valence-electron chi connectivity index (χ0n) is 6.26. The topological polar surface area (TPSA) is 12.4 Å². The second-order valence-electron chi connectivity index (χ2n) is 1.82. The highest BCUT2D eigenvalue weighted by Crippen LogP contribution is 2.15. The molecule has 0 aliphatic carbocycles. The molecule has 0 saturated carbocycles. The highest BCUT2D eigenvalue weighted by atomic mass is 32.2. The molecule has 10 heavy (non-hydrogen) atoms. The Morgan fingerprint density at radius 3 is 2.30 bits per heavy atom. The molecule has 56 valence electrons. The minimum absolute atomic E-state index is 0.999. The zero-order valence-corrected chi connectivity index (χ0v) is 7.89. The minimum atomic E-state index is 0.999. The molecule has 3 heteroatoms. The van der Waals surface area contributed by atoms with Crippen LogP contribution < -0.4 is 0 Å². The lowest BCUT2D eigenvalue weighted by Crippen LogP contribution is -1.62. The van der Waals surface area contributed by atoms with Gasteiger partial charge in [0.25, 0.3) is 0 Å². The van der Waals surface area contributed by atoms with Crippen LogP contribution in [0.15, 0.2) is 27.4 Å². The molecule has 0 aromatic carbocycles. The van der Waals surface area contributed by atoms with E-state index in [1.807, 2.05) is 13.8 Å². The van der Waals surface area contributed by atoms with Gasteiger partial charge in [-0.25, -0.2) is 4.40 Å². The number of rotatable bonds is 4. The lowest BCUT2D eigenvalue weighted by Gasteiger charge is -1.89. The Hall–Kier alpha value is -0.150. The van der Waals surface area contributed by atoms with Gasteiger partial charge in [0.1, 0.15) is 0 Å². The van der Waals surface area contributed by atoms with Gasteiger partial charge in [0.2, 0.25) is 0 Å². The van der Waals surface area contributed by atoms with Gasteiger partial charge in [0, 0.05) is 11.9 Å². The summed E-state index contributed by atoms with van der Waals surface area (Å²) in [6.07, 6.45) is 0. The standard InChI is InChI=1S/C7H11NS2/c1-6(2)9-5-8-10-7(3)4/h5H,1,3H2,2,4H3/b8-5-. The van der Waals surface area contributed by atoms with E-state index in [0.29, 0.717) is 0 Å². The van der Waals surface area contributed by atoms with Crippen LogP contribution in [-0.4, -0.2) is 5.55 Å². The highest BCUT2D eigenvalue weighted by molar-refractivity contribution is 8.16. The largest absolute Gasteiger partial charge is 0.213 e. The highest BCUT2D eigenvalue weighted by Gasteiger charge is 1.81. The third kappa shape index (κ3) is 7.85. The average molecular weight is 173 g/mol. The molecule has 0 amide bonds. The second kappa shape index (κ2) is 5.62. The summed E-state index contributed by atoms with van der Waals surface area (Å²) < 4.78 is 4.01. The summed E-state index contributed by atoms with van der Waals surface area (Å²) >= 11 is 2.91. The van der Waals surface area contributed by atoms with Crippen molar-refractivity contribution in [2.45, 2.75) is 13.8 Å². The summed E-state index contributed by atoms with van der Waals surface area (Å²) in [5.41, 5.74) is 1.77. The molecule has 0 aromatic heterocycles. The lowest BCUT2D eigenvalue weighted by atomic mass is 10.8. The smallest absolute Gasteiger partial charge is 0.0728 e. The number of thioether (sulfide) groups is 1. The second-order valence-corrected chi connectivity index (χ2v) is 4.06. The predicted molar refractivity (Wildman–Crippen MR) is 53.3 cm³/mol. The van der Waals surface area contributed by atoms with Gasteiger partial charge < -0.3 is 0 Å². The first-order valence-electron chi connectivity index (χ1n) is 2.79. The van der Waals surface area contributed by atoms with Crippen LogP contribution in [0.4, 0.5) is 0 Å². The molecule has 0 rings (SSSR count). The molecule has 0 saturated heterocycles. The van der Waals surface area contributed by atoms with Gasteiger partial charge >= 0.3 is 0 Å². The first-order chi connectivity index (χ1) is 4.63. The third-order valence-corrected chi connectivity index (χ3v) is 1.77. The normalized spacial score (nSPS) is 10.2. The molecule has 0 atom stereocenters. The van der Waals surface area contributed by atoms with Crippen LogP contribution in [-0.2, 0) is 0 Å². The van der Waals surface area contributed by atoms with Crippen LogP contribution >= 0.6 is 23.7 Å². The maximum Gasteiger partial charge on any atom is 0.0728 e. The Kier molecular flexibility index (Phi) is 5.54. The predicted octanol–water partition coefficient (Wildman–Crippen LogP) is 3.46. The van der Waals surface area contributed by atoms with Gasteiger partial charge in [-0.1, -0.05) is 24.9 Å². The number of hydrogen-bond donors (Lipinski definition) is 0. The molecule has 0 unspecified atom stereocenters. The molecule has 0 fully saturated rings. The molecule has 0 N–H and O–H groups in total. The van der Waals surface area contributed by atoms with Gasteiger partial charge in [0.05, 0.1) is 5.55 Å². The fourth-order valence-electron chi connectivity index (χ4n) is 0.223. The van der Waals surface area contributed by atoms with E-state index in [1.54, 1.807) is 5.55 Å². The Labute approximate surface area is 70.8 Å². The van der Waals surface area contributed by atoms with E-state index in [9.17, 15) is 0 Å². The van der Waals surface area contributed by atoms with E-state index >= 15 is 0 Å². The molecule has 0 spiro atoms. The summed E-state index contributed by atoms with van der Waals surface area (Å²) in [6, 6.07) is 0. The Morgan fingerprint density at radius 1 is 1.30 bits per heavy atom. The van der Waals surface area contributed by atoms with Crippen molar-refractivity contribution in [3.05, 3.63) is 23.0 Å². The molecular weight excluding hydrogens is 162 g/mol. The molecule has 1 nitrogen and oxygen atoms in total. The fourth-order valence-corrected chi connectivity index (χ4v) is 0.927. The van der Waals surface area contributed by atoms with E-state index in [-0.39, 0.29) is 0 Å². The summed E-state index contributed by atoms with van der Waals surface area (Å²) in [5, 5.41) is 0. The number of hydrogen-bond acceptors (Lipinski definition) is 3. The summed E-state index contributed by atoms with van der Waals surface area (Å²) in [4.78, 5) is 2.05. The van der Waals surface area contributed by atoms with Crippen LogP contribution in [0.3, 0.4) is 0 Å². The van der Waals surface area contributed by atoms with Crippen molar-refractivity contribution in [1.82, 2.24) is 0 Å². The lowest BCUT2D eigenvalue weighted by molar-refractivity contribution is 1.72. The van der Waals surface area contributed by atoms with Crippen molar-refractivity contribution >= 4 is 29.3 Å². The number of allylic oxidation sites excluding steroid dienone is 2. The Balaban J connectivity index is 3.38. The molecule has 0 aliphatic rings. The summed E-state index contributed by atoms with van der Waals surface area (Å²) in [6.45, 7) is 11.3. The fraction of sp³-hybridized carbons (Fsp3) is 0.286. The van der Waals surface area contributed by atoms with Crippen LogP contribution in [0.25, 0.3) is 0 Å². The number of nitrogens with zero attached hydrogens (tertiary/aromatic N) is 1. The molecule has 0 aromatic rings. The van der Waals surface area contributed by atoms with Gasteiger partial charge in [0.15, 0.2) is 0 Å². The van der Waals surface area contributed by atoms with Gasteiger partial charge in [-0.3, -0.25) is 0 Å². The van der Waals surface area contributed by atoms with Crippen molar-refractivity contribution in [3.63, 3.8) is 0 Å². The summed E-state index contributed by atoms with van der Waals surface area (Å²) in [7, 11) is 0. The van der Waals surface area contributed by atoms with E-state index < -0.39 is 0 Å². The van der Waals surface area contributed by atoms with Crippen molar-refractivity contribution in [2.24, 2.45) is 4.40 Å². The molecule has 0 heterocycles. The Bertz CT molecular complexity index is 143. The van der Waals surface area contributed by atoms with Crippen molar-refractivity contribution in [3.8, 4) is 0 Å². The first-order valence-corrected chi connectivity index (χ1v) is 4.44. The summed E-state index contributed by atoms with van der Waals surface area (Å²) in [5.74, 6) is 0. The van der Waals surface area contributed by atoms with E-state index in [2.05, 4.69) is 17.6 Å². The maximum atomic E-state index is 4.01. The molecule has 0 radical (unpaired) electrons. The molecule has 0 bridgehead atoms. The van der Waals surface area contributed by atoms with Crippen LogP contribution in [0.2, 0.25) is 0 Å². The quantitative estimate of drug-likeness (QED) is 0.367. The van der Waals surface area contributed by atoms with Gasteiger partial charge in [-0.2, -0.15) is 0 Å². The van der Waals surface area contributed by atoms with Crippen molar-refractivity contribution in [1.29, 1.82) is 0 Å². The third-order valence-electron chi connectivity index (χ3n) is 0.505. The zero-order chi connectivity index (χ0) is 7.98. The van der Waals surface area contributed by atoms with E-state index in [0.717, 1.165) is 9.81 Å². The molecular formula is C7H11NS2. The first kappa shape index (κ1) is 9.85. The molecule has 0 aliphatic heterocycles. The van der Waals surface area contributed by atoms with Crippen LogP contribution in [0.5, 0.6) is 0 Å². The maximum absolute atomic E-state index is 4.01. The van der Waals surface area contributed by atoms with Crippen molar-refractivity contribution in [2.75, 3.05) is 0 Å². The minimum Gasteiger partial charge on any atom is -0.213 e. The van der Waals surface area contributed by atoms with Crippen LogP contribution in [0, 0.1) is 0 Å². The van der Waals surface area contributed by atoms with E-state index in [1.165, 1.54) is 23.7 Å². The average Bonchev–Trinajstić information content (AvgIpc) is 1.79. The monoisotopic (exact) mass is 173 g/mol.